The number of alkyl halides is 4. The molecule has 0 bridgehead atoms. The van der Waals surface area contributed by atoms with E-state index in [9.17, 15) is 27.2 Å². The number of benzene rings is 1. The number of carbonyl (C=O) groups excluding carboxylic acids is 1. The molecule has 1 amide bonds. The molecule has 0 heterocycles. The highest BCUT2D eigenvalue weighted by Gasteiger charge is 2.30. The molecule has 1 rings (SSSR count). The standard InChI is InChI=1S/C12H11F4NO3/c13-6-9(11(19)20)17-10(18)5-7-1-3-8(4-2-7)12(14,15)16/h1-4,9H,5-6H2,(H,17,18)(H,19,20). The van der Waals surface area contributed by atoms with Crippen LogP contribution in [0.3, 0.4) is 0 Å². The van der Waals surface area contributed by atoms with Gasteiger partial charge in [0.1, 0.15) is 6.67 Å². The van der Waals surface area contributed by atoms with E-state index < -0.39 is 36.3 Å². The molecule has 20 heavy (non-hydrogen) atoms. The first kappa shape index (κ1) is 15.9. The van der Waals surface area contributed by atoms with Crippen LogP contribution in [0.1, 0.15) is 11.1 Å². The maximum absolute atomic E-state index is 12.3. The first-order chi connectivity index (χ1) is 9.24. The van der Waals surface area contributed by atoms with Crippen LogP contribution in [-0.2, 0) is 22.2 Å². The number of halogens is 4. The Hall–Kier alpha value is -2.12. The Morgan fingerprint density at radius 3 is 2.15 bits per heavy atom. The number of rotatable bonds is 5. The van der Waals surface area contributed by atoms with Gasteiger partial charge in [-0.1, -0.05) is 12.1 Å². The van der Waals surface area contributed by atoms with Gasteiger partial charge in [-0.2, -0.15) is 13.2 Å². The number of hydrogen-bond acceptors (Lipinski definition) is 2. The zero-order valence-electron chi connectivity index (χ0n) is 10.1. The van der Waals surface area contributed by atoms with Crippen molar-refractivity contribution >= 4 is 11.9 Å². The van der Waals surface area contributed by atoms with Gasteiger partial charge in [-0.05, 0) is 17.7 Å². The summed E-state index contributed by atoms with van der Waals surface area (Å²) in [5.41, 5.74) is -0.590. The Kier molecular flexibility index (Phi) is 5.06. The Morgan fingerprint density at radius 2 is 1.75 bits per heavy atom. The van der Waals surface area contributed by atoms with Gasteiger partial charge in [-0.25, -0.2) is 9.18 Å². The van der Waals surface area contributed by atoms with Crippen molar-refractivity contribution in [3.8, 4) is 0 Å². The van der Waals surface area contributed by atoms with Crippen molar-refractivity contribution in [1.29, 1.82) is 0 Å². The molecule has 1 aromatic carbocycles. The molecule has 110 valence electrons. The summed E-state index contributed by atoms with van der Waals surface area (Å²) in [6.45, 7) is -1.27. The summed E-state index contributed by atoms with van der Waals surface area (Å²) < 4.78 is 49.2. The van der Waals surface area contributed by atoms with Crippen molar-refractivity contribution < 1.29 is 32.3 Å². The second-order valence-corrected chi connectivity index (χ2v) is 3.98. The van der Waals surface area contributed by atoms with Crippen molar-refractivity contribution in [2.45, 2.75) is 18.6 Å². The number of carboxylic acids is 1. The Labute approximate surface area is 111 Å². The van der Waals surface area contributed by atoms with E-state index in [2.05, 4.69) is 0 Å². The lowest BCUT2D eigenvalue weighted by molar-refractivity contribution is -0.142. The van der Waals surface area contributed by atoms with E-state index in [4.69, 9.17) is 5.11 Å². The van der Waals surface area contributed by atoms with Crippen molar-refractivity contribution in [2.75, 3.05) is 6.67 Å². The van der Waals surface area contributed by atoms with E-state index in [0.717, 1.165) is 24.3 Å². The molecule has 4 nitrogen and oxygen atoms in total. The Bertz CT molecular complexity index is 484. The SMILES string of the molecule is O=C(Cc1ccc(C(F)(F)F)cc1)NC(CF)C(=O)O. The van der Waals surface area contributed by atoms with Crippen LogP contribution in [0.4, 0.5) is 17.6 Å². The molecule has 1 atom stereocenters. The summed E-state index contributed by atoms with van der Waals surface area (Å²) in [5, 5.41) is 10.5. The van der Waals surface area contributed by atoms with Crippen LogP contribution in [0.25, 0.3) is 0 Å². The topological polar surface area (TPSA) is 66.4 Å². The van der Waals surface area contributed by atoms with Gasteiger partial charge in [0.15, 0.2) is 6.04 Å². The van der Waals surface area contributed by atoms with Gasteiger partial charge in [0, 0.05) is 0 Å². The van der Waals surface area contributed by atoms with E-state index in [1.807, 2.05) is 5.32 Å². The summed E-state index contributed by atoms with van der Waals surface area (Å²) in [6.07, 6.45) is -4.80. The molecule has 0 spiro atoms. The molecular formula is C12H11F4NO3. The summed E-state index contributed by atoms with van der Waals surface area (Å²) in [7, 11) is 0. The van der Waals surface area contributed by atoms with E-state index in [1.54, 1.807) is 0 Å². The zero-order valence-corrected chi connectivity index (χ0v) is 10.1. The number of nitrogens with one attached hydrogen (secondary N) is 1. The highest BCUT2D eigenvalue weighted by atomic mass is 19.4. The maximum atomic E-state index is 12.3. The predicted molar refractivity (Wildman–Crippen MR) is 60.7 cm³/mol. The van der Waals surface area contributed by atoms with Crippen molar-refractivity contribution in [3.63, 3.8) is 0 Å². The molecule has 0 saturated carbocycles. The van der Waals surface area contributed by atoms with Crippen LogP contribution in [0.5, 0.6) is 0 Å². The van der Waals surface area contributed by atoms with E-state index >= 15 is 0 Å². The highest BCUT2D eigenvalue weighted by Crippen LogP contribution is 2.29. The normalized spacial score (nSPS) is 12.8. The molecule has 2 N–H and O–H groups in total. The van der Waals surface area contributed by atoms with Gasteiger partial charge in [-0.15, -0.1) is 0 Å². The van der Waals surface area contributed by atoms with Crippen molar-refractivity contribution in [3.05, 3.63) is 35.4 Å². The maximum Gasteiger partial charge on any atom is 0.416 e. The van der Waals surface area contributed by atoms with Gasteiger partial charge in [0.25, 0.3) is 0 Å². The largest absolute Gasteiger partial charge is 0.480 e. The zero-order chi connectivity index (χ0) is 15.3. The third-order valence-electron chi connectivity index (χ3n) is 2.43. The highest BCUT2D eigenvalue weighted by molar-refractivity contribution is 5.84. The number of hydrogen-bond donors (Lipinski definition) is 2. The van der Waals surface area contributed by atoms with Crippen LogP contribution >= 0.6 is 0 Å². The van der Waals surface area contributed by atoms with Gasteiger partial charge in [0.05, 0.1) is 12.0 Å². The van der Waals surface area contributed by atoms with Gasteiger partial charge >= 0.3 is 12.1 Å². The average molecular weight is 293 g/mol. The molecule has 8 heteroatoms. The minimum Gasteiger partial charge on any atom is -0.480 e. The molecule has 0 aromatic heterocycles. The van der Waals surface area contributed by atoms with E-state index in [1.165, 1.54) is 0 Å². The first-order valence-corrected chi connectivity index (χ1v) is 5.48. The average Bonchev–Trinajstić information content (AvgIpc) is 2.35. The molecule has 0 saturated heterocycles. The lowest BCUT2D eigenvalue weighted by Crippen LogP contribution is -2.43. The first-order valence-electron chi connectivity index (χ1n) is 5.48. The van der Waals surface area contributed by atoms with Gasteiger partial charge < -0.3 is 10.4 Å². The molecule has 0 aliphatic heterocycles. The van der Waals surface area contributed by atoms with E-state index in [0.29, 0.717) is 0 Å². The Balaban J connectivity index is 2.65. The molecule has 1 unspecified atom stereocenters. The minimum atomic E-state index is -4.47. The van der Waals surface area contributed by atoms with Crippen LogP contribution in [0, 0.1) is 0 Å². The van der Waals surface area contributed by atoms with Crippen LogP contribution < -0.4 is 5.32 Å². The number of aliphatic carboxylic acids is 1. The number of carboxylic acid groups (broad SMARTS) is 1. The second-order valence-electron chi connectivity index (χ2n) is 3.98. The second kappa shape index (κ2) is 6.36. The summed E-state index contributed by atoms with van der Waals surface area (Å²) >= 11 is 0. The summed E-state index contributed by atoms with van der Waals surface area (Å²) in [4.78, 5) is 21.9. The molecule has 0 radical (unpaired) electrons. The van der Waals surface area contributed by atoms with Crippen LogP contribution in [0.15, 0.2) is 24.3 Å². The number of carbonyl (C=O) groups is 2. The predicted octanol–water partition coefficient (Wildman–Crippen LogP) is 1.79. The fourth-order valence-corrected chi connectivity index (χ4v) is 1.41. The molecule has 0 aliphatic rings. The smallest absolute Gasteiger partial charge is 0.416 e. The monoisotopic (exact) mass is 293 g/mol. The third-order valence-corrected chi connectivity index (χ3v) is 2.43. The van der Waals surface area contributed by atoms with Crippen LogP contribution in [0.2, 0.25) is 0 Å². The van der Waals surface area contributed by atoms with Crippen LogP contribution in [-0.4, -0.2) is 29.7 Å². The van der Waals surface area contributed by atoms with Gasteiger partial charge in [0.2, 0.25) is 5.91 Å². The van der Waals surface area contributed by atoms with E-state index in [-0.39, 0.29) is 12.0 Å². The van der Waals surface area contributed by atoms with Gasteiger partial charge in [-0.3, -0.25) is 4.79 Å². The summed E-state index contributed by atoms with van der Waals surface area (Å²) in [5.74, 6) is -2.30. The molecular weight excluding hydrogens is 282 g/mol. The van der Waals surface area contributed by atoms with Crippen molar-refractivity contribution in [1.82, 2.24) is 5.32 Å². The lowest BCUT2D eigenvalue weighted by atomic mass is 10.1. The minimum absolute atomic E-state index is 0.262. The molecule has 1 aromatic rings. The molecule has 0 aliphatic carbocycles. The fourth-order valence-electron chi connectivity index (χ4n) is 1.41. The fraction of sp³-hybridized carbons (Fsp3) is 0.333. The van der Waals surface area contributed by atoms with Crippen molar-refractivity contribution in [2.24, 2.45) is 0 Å². The quantitative estimate of drug-likeness (QED) is 0.813. The number of amides is 1. The third kappa shape index (κ3) is 4.52. The Morgan fingerprint density at radius 1 is 1.20 bits per heavy atom. The lowest BCUT2D eigenvalue weighted by Gasteiger charge is -2.11. The molecule has 0 fully saturated rings. The summed E-state index contributed by atoms with van der Waals surface area (Å²) in [6, 6.07) is 2.18.